The molecule has 1 aromatic carbocycles. The van der Waals surface area contributed by atoms with Crippen LogP contribution in [0, 0.1) is 0 Å². The SMILES string of the molecule is [2H]C([2H])(Cl)c1ccc(NC(=O)c2cn(CC(F)F)nc2C2CC2)cc1C1CC1. The van der Waals surface area contributed by atoms with Gasteiger partial charge in [-0.05, 0) is 54.9 Å². The highest BCUT2D eigenvalue weighted by Crippen LogP contribution is 2.43. The first-order chi connectivity index (χ1) is 13.2. The van der Waals surface area contributed by atoms with Crippen LogP contribution in [0.1, 0.15) is 67.4 Å². The molecule has 0 saturated heterocycles. The van der Waals surface area contributed by atoms with E-state index in [9.17, 15) is 13.6 Å². The van der Waals surface area contributed by atoms with Crippen molar-refractivity contribution in [3.8, 4) is 0 Å². The molecule has 2 aliphatic rings. The molecule has 0 radical (unpaired) electrons. The zero-order valence-corrected chi connectivity index (χ0v) is 14.8. The summed E-state index contributed by atoms with van der Waals surface area (Å²) >= 11 is 5.87. The van der Waals surface area contributed by atoms with Gasteiger partial charge in [0, 0.05) is 26.4 Å². The molecule has 1 heterocycles. The Morgan fingerprint density at radius 1 is 1.35 bits per heavy atom. The Labute approximate surface area is 158 Å². The predicted molar refractivity (Wildman–Crippen MR) is 96.1 cm³/mol. The van der Waals surface area contributed by atoms with Gasteiger partial charge in [-0.3, -0.25) is 9.48 Å². The number of rotatable bonds is 7. The summed E-state index contributed by atoms with van der Waals surface area (Å²) in [5.41, 5.74) is 2.62. The minimum absolute atomic E-state index is 0.146. The number of hydrogen-bond donors (Lipinski definition) is 1. The lowest BCUT2D eigenvalue weighted by Gasteiger charge is -2.10. The van der Waals surface area contributed by atoms with Crippen molar-refractivity contribution in [1.82, 2.24) is 9.78 Å². The largest absolute Gasteiger partial charge is 0.322 e. The van der Waals surface area contributed by atoms with Gasteiger partial charge in [0.1, 0.15) is 6.54 Å². The van der Waals surface area contributed by atoms with Gasteiger partial charge in [0.15, 0.2) is 0 Å². The summed E-state index contributed by atoms with van der Waals surface area (Å²) in [6, 6.07) is 4.96. The topological polar surface area (TPSA) is 46.9 Å². The van der Waals surface area contributed by atoms with Crippen molar-refractivity contribution >= 4 is 23.2 Å². The summed E-state index contributed by atoms with van der Waals surface area (Å²) in [6.07, 6.45) is 2.56. The molecule has 0 bridgehead atoms. The molecule has 138 valence electrons. The van der Waals surface area contributed by atoms with Crippen LogP contribution in [-0.2, 0) is 12.4 Å². The van der Waals surface area contributed by atoms with Gasteiger partial charge in [-0.15, -0.1) is 11.6 Å². The van der Waals surface area contributed by atoms with Crippen molar-refractivity contribution < 1.29 is 16.3 Å². The summed E-state index contributed by atoms with van der Waals surface area (Å²) in [4.78, 5) is 12.8. The van der Waals surface area contributed by atoms with Crippen molar-refractivity contribution in [1.29, 1.82) is 0 Å². The van der Waals surface area contributed by atoms with Crippen LogP contribution < -0.4 is 5.32 Å². The Hall–Kier alpha value is -1.95. The molecule has 0 aliphatic heterocycles. The maximum atomic E-state index is 12.8. The molecule has 0 spiro atoms. The molecule has 1 amide bonds. The number of hydrogen-bond acceptors (Lipinski definition) is 2. The van der Waals surface area contributed by atoms with Crippen molar-refractivity contribution in [2.24, 2.45) is 0 Å². The first-order valence-corrected chi connectivity index (χ1v) is 9.10. The number of benzene rings is 1. The number of halogens is 3. The average molecular weight is 382 g/mol. The summed E-state index contributed by atoms with van der Waals surface area (Å²) in [7, 11) is 0. The lowest BCUT2D eigenvalue weighted by atomic mass is 10.0. The molecule has 2 aromatic rings. The molecule has 2 fully saturated rings. The number of anilines is 1. The Bertz CT molecular complexity index is 905. The number of alkyl halides is 3. The number of aromatic nitrogens is 2. The molecule has 0 unspecified atom stereocenters. The summed E-state index contributed by atoms with van der Waals surface area (Å²) in [5, 5.41) is 6.99. The number of amides is 1. The highest BCUT2D eigenvalue weighted by Gasteiger charge is 2.32. The van der Waals surface area contributed by atoms with E-state index in [1.54, 1.807) is 18.2 Å². The zero-order valence-electron chi connectivity index (χ0n) is 16.0. The molecule has 1 N–H and O–H groups in total. The van der Waals surface area contributed by atoms with Gasteiger partial charge in [-0.2, -0.15) is 5.10 Å². The Kier molecular flexibility index (Phi) is 4.07. The third-order valence-corrected chi connectivity index (χ3v) is 4.96. The molecular formula is C19H20ClF2N3O. The molecule has 4 rings (SSSR count). The first kappa shape index (κ1) is 15.1. The normalized spacial score (nSPS) is 18.6. The van der Waals surface area contributed by atoms with Crippen molar-refractivity contribution in [2.75, 3.05) is 5.32 Å². The quantitative estimate of drug-likeness (QED) is 0.694. The average Bonchev–Trinajstić information content (AvgIpc) is 3.50. The van der Waals surface area contributed by atoms with Crippen molar-refractivity contribution in [2.45, 2.75) is 56.3 Å². The summed E-state index contributed by atoms with van der Waals surface area (Å²) < 4.78 is 42.1. The summed E-state index contributed by atoms with van der Waals surface area (Å²) in [6.45, 7) is -0.543. The Morgan fingerprint density at radius 2 is 2.08 bits per heavy atom. The maximum absolute atomic E-state index is 12.8. The Morgan fingerprint density at radius 3 is 2.69 bits per heavy atom. The van der Waals surface area contributed by atoms with Gasteiger partial charge in [0.25, 0.3) is 12.3 Å². The molecule has 0 atom stereocenters. The van der Waals surface area contributed by atoms with Crippen LogP contribution in [0.4, 0.5) is 14.5 Å². The first-order valence-electron chi connectivity index (χ1n) is 9.72. The van der Waals surface area contributed by atoms with Gasteiger partial charge in [-0.1, -0.05) is 6.07 Å². The smallest absolute Gasteiger partial charge is 0.259 e. The number of nitrogens with one attached hydrogen (secondary N) is 1. The van der Waals surface area contributed by atoms with Crippen LogP contribution in [0.2, 0.25) is 0 Å². The third-order valence-electron chi connectivity index (χ3n) is 4.75. The molecule has 2 aliphatic carbocycles. The van der Waals surface area contributed by atoms with Crippen LogP contribution in [0.15, 0.2) is 24.4 Å². The molecular weight excluding hydrogens is 360 g/mol. The highest BCUT2D eigenvalue weighted by molar-refractivity contribution is 6.17. The second-order valence-corrected chi connectivity index (χ2v) is 7.13. The molecule has 2 saturated carbocycles. The molecule has 1 aromatic heterocycles. The van der Waals surface area contributed by atoms with Gasteiger partial charge in [0.05, 0.1) is 11.3 Å². The van der Waals surface area contributed by atoms with E-state index in [1.807, 2.05) is 0 Å². The minimum atomic E-state index is -2.54. The van der Waals surface area contributed by atoms with Crippen molar-refractivity contribution in [3.05, 3.63) is 46.8 Å². The van der Waals surface area contributed by atoms with E-state index in [4.69, 9.17) is 14.3 Å². The van der Waals surface area contributed by atoms with E-state index >= 15 is 0 Å². The lowest BCUT2D eigenvalue weighted by Crippen LogP contribution is -2.13. The van der Waals surface area contributed by atoms with E-state index < -0.39 is 24.7 Å². The van der Waals surface area contributed by atoms with Gasteiger partial charge >= 0.3 is 0 Å². The fourth-order valence-corrected chi connectivity index (χ4v) is 3.33. The van der Waals surface area contributed by atoms with E-state index in [2.05, 4.69) is 10.4 Å². The van der Waals surface area contributed by atoms with Crippen LogP contribution in [0.5, 0.6) is 0 Å². The molecule has 7 heteroatoms. The minimum Gasteiger partial charge on any atom is -0.322 e. The number of carbonyl (C=O) groups excluding carboxylic acids is 1. The molecule has 4 nitrogen and oxygen atoms in total. The highest BCUT2D eigenvalue weighted by atomic mass is 35.5. The maximum Gasteiger partial charge on any atom is 0.259 e. The second-order valence-electron chi connectivity index (χ2n) is 6.94. The van der Waals surface area contributed by atoms with Crippen LogP contribution in [0.3, 0.4) is 0 Å². The number of nitrogens with zero attached hydrogens (tertiary/aromatic N) is 2. The lowest BCUT2D eigenvalue weighted by molar-refractivity contribution is 0.102. The fourth-order valence-electron chi connectivity index (χ4n) is 3.16. The van der Waals surface area contributed by atoms with Crippen LogP contribution >= 0.6 is 11.6 Å². The molecule has 26 heavy (non-hydrogen) atoms. The summed E-state index contributed by atoms with van der Waals surface area (Å²) in [5.74, 6) is -1.98. The van der Waals surface area contributed by atoms with Crippen LogP contribution in [-0.4, -0.2) is 22.1 Å². The van der Waals surface area contributed by atoms with E-state index in [-0.39, 0.29) is 11.8 Å². The van der Waals surface area contributed by atoms with E-state index in [0.717, 1.165) is 35.9 Å². The monoisotopic (exact) mass is 381 g/mol. The third kappa shape index (κ3) is 3.75. The zero-order chi connectivity index (χ0) is 20.1. The Balaban J connectivity index is 1.59. The van der Waals surface area contributed by atoms with Gasteiger partial charge in [0.2, 0.25) is 0 Å². The van der Waals surface area contributed by atoms with E-state index in [1.165, 1.54) is 6.20 Å². The van der Waals surface area contributed by atoms with Crippen molar-refractivity contribution in [3.63, 3.8) is 0 Å². The van der Waals surface area contributed by atoms with Gasteiger partial charge in [-0.25, -0.2) is 8.78 Å². The second kappa shape index (κ2) is 6.99. The standard InChI is InChI=1S/C19H20ClF2N3O/c20-8-13-5-6-14(7-15(13)11-1-2-11)23-19(26)16-9-25(10-17(21)22)24-18(16)12-3-4-12/h5-7,9,11-12,17H,1-4,8,10H2,(H,23,26)/i8D2. The fraction of sp³-hybridized carbons (Fsp3) is 0.474. The van der Waals surface area contributed by atoms with Crippen LogP contribution in [0.25, 0.3) is 0 Å². The van der Waals surface area contributed by atoms with E-state index in [0.29, 0.717) is 22.5 Å². The number of carbonyl (C=O) groups is 1. The van der Waals surface area contributed by atoms with Gasteiger partial charge < -0.3 is 5.32 Å². The predicted octanol–water partition coefficient (Wildman–Crippen LogP) is 4.89.